The SMILES string of the molecule is Cn1ncnc1C[C@@](NC(=O)Nc1cccc(F)c1)(c1cc(F)cc(C(F)(F)F)c1)c1ccc(Cl)cn1. The van der Waals surface area contributed by atoms with Crippen LogP contribution in [0.2, 0.25) is 5.02 Å². The number of halogens is 6. The summed E-state index contributed by atoms with van der Waals surface area (Å²) in [6.07, 6.45) is -2.71. The molecule has 0 saturated carbocycles. The minimum absolute atomic E-state index is 0.0352. The van der Waals surface area contributed by atoms with Gasteiger partial charge in [0.2, 0.25) is 0 Å². The van der Waals surface area contributed by atoms with Crippen molar-refractivity contribution in [3.05, 3.63) is 106 Å². The van der Waals surface area contributed by atoms with Crippen molar-refractivity contribution < 1.29 is 26.7 Å². The number of aromatic nitrogens is 4. The number of pyridine rings is 1. The molecule has 7 nitrogen and oxygen atoms in total. The summed E-state index contributed by atoms with van der Waals surface area (Å²) in [6.45, 7) is 0. The molecule has 0 fully saturated rings. The molecule has 37 heavy (non-hydrogen) atoms. The zero-order valence-corrected chi connectivity index (χ0v) is 19.8. The highest BCUT2D eigenvalue weighted by Crippen LogP contribution is 2.37. The van der Waals surface area contributed by atoms with E-state index in [-0.39, 0.29) is 34.2 Å². The fourth-order valence-corrected chi connectivity index (χ4v) is 3.90. The van der Waals surface area contributed by atoms with Gasteiger partial charge in [-0.25, -0.2) is 18.6 Å². The number of urea groups is 1. The van der Waals surface area contributed by atoms with Gasteiger partial charge in [-0.2, -0.15) is 18.3 Å². The van der Waals surface area contributed by atoms with Crippen molar-refractivity contribution in [2.24, 2.45) is 7.05 Å². The van der Waals surface area contributed by atoms with E-state index < -0.39 is 34.9 Å². The number of alkyl halides is 3. The lowest BCUT2D eigenvalue weighted by Crippen LogP contribution is -2.51. The Morgan fingerprint density at radius 3 is 2.38 bits per heavy atom. The first-order valence-corrected chi connectivity index (χ1v) is 11.0. The van der Waals surface area contributed by atoms with Crippen molar-refractivity contribution >= 4 is 23.3 Å². The molecule has 0 saturated heterocycles. The highest BCUT2D eigenvalue weighted by atomic mass is 35.5. The fourth-order valence-electron chi connectivity index (χ4n) is 3.79. The summed E-state index contributed by atoms with van der Waals surface area (Å²) in [6, 6.07) is 8.81. The first kappa shape index (κ1) is 26.0. The molecule has 2 N–H and O–H groups in total. The van der Waals surface area contributed by atoms with E-state index >= 15 is 0 Å². The molecule has 0 spiro atoms. The second kappa shape index (κ2) is 10.1. The van der Waals surface area contributed by atoms with Crippen LogP contribution in [0.1, 0.15) is 22.6 Å². The summed E-state index contributed by atoms with van der Waals surface area (Å²) >= 11 is 5.98. The molecule has 0 aliphatic heterocycles. The number of anilines is 1. The molecule has 2 aromatic carbocycles. The lowest BCUT2D eigenvalue weighted by Gasteiger charge is -2.35. The van der Waals surface area contributed by atoms with Gasteiger partial charge in [0.05, 0.1) is 16.3 Å². The smallest absolute Gasteiger partial charge is 0.322 e. The van der Waals surface area contributed by atoms with Gasteiger partial charge in [-0.3, -0.25) is 9.67 Å². The second-order valence-electron chi connectivity index (χ2n) is 8.06. The molecule has 4 rings (SSSR count). The summed E-state index contributed by atoms with van der Waals surface area (Å²) < 4.78 is 70.6. The van der Waals surface area contributed by atoms with Gasteiger partial charge in [0.15, 0.2) is 0 Å². The molecule has 0 unspecified atom stereocenters. The Morgan fingerprint density at radius 2 is 1.76 bits per heavy atom. The number of benzene rings is 2. The van der Waals surface area contributed by atoms with E-state index in [4.69, 9.17) is 11.6 Å². The summed E-state index contributed by atoms with van der Waals surface area (Å²) in [5, 5.41) is 9.26. The summed E-state index contributed by atoms with van der Waals surface area (Å²) in [5.74, 6) is -1.57. The number of hydrogen-bond donors (Lipinski definition) is 2. The van der Waals surface area contributed by atoms with Crippen molar-refractivity contribution in [1.29, 1.82) is 0 Å². The van der Waals surface area contributed by atoms with Crippen LogP contribution in [0.3, 0.4) is 0 Å². The van der Waals surface area contributed by atoms with Crippen LogP contribution in [0.25, 0.3) is 0 Å². The zero-order valence-electron chi connectivity index (χ0n) is 19.0. The quantitative estimate of drug-likeness (QED) is 0.320. The molecule has 0 bridgehead atoms. The highest BCUT2D eigenvalue weighted by molar-refractivity contribution is 6.30. The molecule has 4 aromatic rings. The molecule has 13 heteroatoms. The number of rotatable bonds is 6. The van der Waals surface area contributed by atoms with Crippen LogP contribution >= 0.6 is 11.6 Å². The van der Waals surface area contributed by atoms with Crippen LogP contribution in [0, 0.1) is 11.6 Å². The standard InChI is InChI=1S/C24H18ClF5N6O/c1-36-21(32-13-33-36)11-23(20-6-5-16(25)12-31-20,14-7-15(24(28,29)30)9-18(27)8-14)35-22(37)34-19-4-2-3-17(26)10-19/h2-10,12-13H,11H2,1H3,(H2,34,35,37)/t23-/m1/s1. The topological polar surface area (TPSA) is 84.7 Å². The zero-order chi connectivity index (χ0) is 26.8. The average Bonchev–Trinajstić information content (AvgIpc) is 3.22. The predicted octanol–water partition coefficient (Wildman–Crippen LogP) is 5.47. The van der Waals surface area contributed by atoms with Crippen LogP contribution in [0.15, 0.2) is 67.1 Å². The van der Waals surface area contributed by atoms with E-state index in [1.165, 1.54) is 47.5 Å². The Kier molecular flexibility index (Phi) is 7.12. The van der Waals surface area contributed by atoms with Crippen molar-refractivity contribution in [1.82, 2.24) is 25.1 Å². The Hall–Kier alpha value is -4.06. The Morgan fingerprint density at radius 1 is 1.00 bits per heavy atom. The molecule has 2 amide bonds. The number of amides is 2. The summed E-state index contributed by atoms with van der Waals surface area (Å²) in [4.78, 5) is 21.5. The van der Waals surface area contributed by atoms with Crippen molar-refractivity contribution in [3.63, 3.8) is 0 Å². The van der Waals surface area contributed by atoms with Gasteiger partial charge < -0.3 is 10.6 Å². The van der Waals surface area contributed by atoms with Gasteiger partial charge in [0.25, 0.3) is 0 Å². The van der Waals surface area contributed by atoms with E-state index in [2.05, 4.69) is 25.7 Å². The molecule has 0 aliphatic rings. The third-order valence-electron chi connectivity index (χ3n) is 5.52. The maximum Gasteiger partial charge on any atom is 0.416 e. The van der Waals surface area contributed by atoms with Crippen molar-refractivity contribution in [2.45, 2.75) is 18.1 Å². The molecule has 0 aliphatic carbocycles. The largest absolute Gasteiger partial charge is 0.416 e. The lowest BCUT2D eigenvalue weighted by atomic mass is 9.81. The maximum absolute atomic E-state index is 14.6. The third kappa shape index (κ3) is 5.85. The Bertz CT molecular complexity index is 1430. The van der Waals surface area contributed by atoms with Gasteiger partial charge in [0, 0.05) is 25.4 Å². The van der Waals surface area contributed by atoms with Gasteiger partial charge in [0.1, 0.15) is 29.3 Å². The molecule has 2 aromatic heterocycles. The number of carbonyl (C=O) groups excluding carboxylic acids is 1. The van der Waals surface area contributed by atoms with Crippen molar-refractivity contribution in [3.8, 4) is 0 Å². The van der Waals surface area contributed by atoms with E-state index in [1.54, 1.807) is 7.05 Å². The second-order valence-corrected chi connectivity index (χ2v) is 8.50. The molecule has 192 valence electrons. The average molecular weight is 537 g/mol. The van der Waals surface area contributed by atoms with Crippen LogP contribution < -0.4 is 10.6 Å². The van der Waals surface area contributed by atoms with Gasteiger partial charge in [-0.05, 0) is 54.1 Å². The Balaban J connectivity index is 1.92. The molecule has 1 atom stereocenters. The van der Waals surface area contributed by atoms with E-state index in [9.17, 15) is 26.7 Å². The number of hydrogen-bond acceptors (Lipinski definition) is 4. The first-order valence-electron chi connectivity index (χ1n) is 10.6. The molecular formula is C24H18ClF5N6O. The van der Waals surface area contributed by atoms with Gasteiger partial charge in [-0.15, -0.1) is 0 Å². The maximum atomic E-state index is 14.6. The lowest BCUT2D eigenvalue weighted by molar-refractivity contribution is -0.137. The molecule has 2 heterocycles. The monoisotopic (exact) mass is 536 g/mol. The normalized spacial score (nSPS) is 13.2. The Labute approximate surface area is 212 Å². The minimum atomic E-state index is -4.88. The number of aryl methyl sites for hydroxylation is 1. The van der Waals surface area contributed by atoms with Crippen molar-refractivity contribution in [2.75, 3.05) is 5.32 Å². The first-order chi connectivity index (χ1) is 17.5. The number of carbonyl (C=O) groups is 1. The van der Waals surface area contributed by atoms with E-state index in [0.717, 1.165) is 18.2 Å². The van der Waals surface area contributed by atoms with Crippen LogP contribution in [0.5, 0.6) is 0 Å². The van der Waals surface area contributed by atoms with Gasteiger partial charge in [-0.1, -0.05) is 17.7 Å². The summed E-state index contributed by atoms with van der Waals surface area (Å²) in [7, 11) is 1.54. The number of nitrogens with zero attached hydrogens (tertiary/aromatic N) is 4. The summed E-state index contributed by atoms with van der Waals surface area (Å²) in [5.41, 5.74) is -3.33. The number of nitrogens with one attached hydrogen (secondary N) is 2. The fraction of sp³-hybridized carbons (Fsp3) is 0.167. The highest BCUT2D eigenvalue weighted by Gasteiger charge is 2.42. The molecule has 0 radical (unpaired) electrons. The molecular weight excluding hydrogens is 519 g/mol. The van der Waals surface area contributed by atoms with Crippen LogP contribution in [0.4, 0.5) is 32.4 Å². The predicted molar refractivity (Wildman–Crippen MR) is 125 cm³/mol. The van der Waals surface area contributed by atoms with E-state index in [1.807, 2.05) is 0 Å². The van der Waals surface area contributed by atoms with E-state index in [0.29, 0.717) is 6.07 Å². The van der Waals surface area contributed by atoms with Crippen LogP contribution in [-0.4, -0.2) is 25.8 Å². The minimum Gasteiger partial charge on any atom is -0.322 e. The van der Waals surface area contributed by atoms with Gasteiger partial charge >= 0.3 is 12.2 Å². The van der Waals surface area contributed by atoms with Crippen LogP contribution in [-0.2, 0) is 25.2 Å². The third-order valence-corrected chi connectivity index (χ3v) is 5.74.